The van der Waals surface area contributed by atoms with Crippen molar-refractivity contribution in [1.29, 1.82) is 0 Å². The van der Waals surface area contributed by atoms with Crippen LogP contribution >= 0.6 is 23.4 Å². The number of aryl methyl sites for hydroxylation is 2. The number of hydrogen-bond acceptors (Lipinski definition) is 4. The number of carboxylic acids is 1. The Balaban J connectivity index is 2.27. The van der Waals surface area contributed by atoms with Crippen LogP contribution in [0.25, 0.3) is 0 Å². The summed E-state index contributed by atoms with van der Waals surface area (Å²) >= 11 is 6.98. The molecule has 7 heteroatoms. The molecule has 0 unspecified atom stereocenters. The van der Waals surface area contributed by atoms with E-state index in [1.54, 1.807) is 19.9 Å². The van der Waals surface area contributed by atoms with Crippen molar-refractivity contribution < 1.29 is 14.3 Å². The van der Waals surface area contributed by atoms with Crippen LogP contribution in [-0.4, -0.2) is 21.0 Å². The maximum absolute atomic E-state index is 13.1. The number of nitrogens with zero attached hydrogens (tertiary/aromatic N) is 2. The molecule has 1 heterocycles. The molecular weight excluding hydrogens is 315 g/mol. The molecule has 0 saturated carbocycles. The van der Waals surface area contributed by atoms with Crippen molar-refractivity contribution >= 4 is 29.3 Å². The Morgan fingerprint density at radius 2 is 2.10 bits per heavy atom. The van der Waals surface area contributed by atoms with E-state index in [1.165, 1.54) is 23.9 Å². The van der Waals surface area contributed by atoms with Gasteiger partial charge in [-0.3, -0.25) is 0 Å². The summed E-state index contributed by atoms with van der Waals surface area (Å²) in [6.45, 7) is 3.34. The minimum Gasteiger partial charge on any atom is -0.478 e. The number of rotatable bonds is 4. The minimum absolute atomic E-state index is 0.0432. The molecule has 2 rings (SSSR count). The minimum atomic E-state index is -1.06. The van der Waals surface area contributed by atoms with Gasteiger partial charge in [-0.2, -0.15) is 0 Å². The SMILES string of the molecule is Cc1nc(C)c(C(=O)O)c(SCc2ccc(F)c(Cl)c2)n1. The van der Waals surface area contributed by atoms with Gasteiger partial charge in [0.1, 0.15) is 22.2 Å². The van der Waals surface area contributed by atoms with E-state index in [4.69, 9.17) is 11.6 Å². The lowest BCUT2D eigenvalue weighted by Gasteiger charge is -2.09. The number of thioether (sulfide) groups is 1. The quantitative estimate of drug-likeness (QED) is 0.682. The molecule has 110 valence electrons. The van der Waals surface area contributed by atoms with Gasteiger partial charge in [-0.15, -0.1) is 11.8 Å². The molecule has 0 radical (unpaired) electrons. The predicted molar refractivity (Wildman–Crippen MR) is 79.4 cm³/mol. The van der Waals surface area contributed by atoms with Crippen LogP contribution in [-0.2, 0) is 5.75 Å². The third-order valence-electron chi connectivity index (χ3n) is 2.74. The molecule has 2 aromatic rings. The molecule has 1 N–H and O–H groups in total. The molecule has 0 aliphatic carbocycles. The van der Waals surface area contributed by atoms with Gasteiger partial charge in [-0.05, 0) is 31.5 Å². The van der Waals surface area contributed by atoms with Crippen LogP contribution in [0.15, 0.2) is 23.2 Å². The fourth-order valence-electron chi connectivity index (χ4n) is 1.81. The molecule has 0 aliphatic heterocycles. The van der Waals surface area contributed by atoms with Gasteiger partial charge in [0, 0.05) is 5.75 Å². The summed E-state index contributed by atoms with van der Waals surface area (Å²) in [4.78, 5) is 19.5. The molecule has 0 saturated heterocycles. The van der Waals surface area contributed by atoms with Crippen LogP contribution < -0.4 is 0 Å². The van der Waals surface area contributed by atoms with Crippen molar-refractivity contribution in [2.75, 3.05) is 0 Å². The highest BCUT2D eigenvalue weighted by Crippen LogP contribution is 2.27. The first-order chi connectivity index (χ1) is 9.88. The Labute approximate surface area is 130 Å². The van der Waals surface area contributed by atoms with E-state index < -0.39 is 11.8 Å². The van der Waals surface area contributed by atoms with Crippen LogP contribution in [0.4, 0.5) is 4.39 Å². The third-order valence-corrected chi connectivity index (χ3v) is 4.08. The highest BCUT2D eigenvalue weighted by atomic mass is 35.5. The maximum atomic E-state index is 13.1. The van der Waals surface area contributed by atoms with Gasteiger partial charge in [0.05, 0.1) is 10.7 Å². The zero-order chi connectivity index (χ0) is 15.6. The third kappa shape index (κ3) is 3.71. The van der Waals surface area contributed by atoms with Gasteiger partial charge >= 0.3 is 5.97 Å². The molecule has 0 fully saturated rings. The van der Waals surface area contributed by atoms with Crippen molar-refractivity contribution in [2.45, 2.75) is 24.6 Å². The lowest BCUT2D eigenvalue weighted by Crippen LogP contribution is -2.08. The second kappa shape index (κ2) is 6.41. The van der Waals surface area contributed by atoms with Gasteiger partial charge in [-0.1, -0.05) is 17.7 Å². The highest BCUT2D eigenvalue weighted by molar-refractivity contribution is 7.98. The molecule has 4 nitrogen and oxygen atoms in total. The first kappa shape index (κ1) is 15.7. The summed E-state index contributed by atoms with van der Waals surface area (Å²) in [6.07, 6.45) is 0. The van der Waals surface area contributed by atoms with E-state index in [1.807, 2.05) is 0 Å². The van der Waals surface area contributed by atoms with Crippen LogP contribution in [0.5, 0.6) is 0 Å². The van der Waals surface area contributed by atoms with Crippen molar-refractivity contribution in [1.82, 2.24) is 9.97 Å². The van der Waals surface area contributed by atoms with E-state index in [2.05, 4.69) is 9.97 Å². The Kier molecular flexibility index (Phi) is 4.80. The molecular formula is C14H12ClFN2O2S. The standard InChI is InChI=1S/C14H12ClFN2O2S/c1-7-12(14(19)20)13(18-8(2)17-7)21-6-9-3-4-11(16)10(15)5-9/h3-5H,6H2,1-2H3,(H,19,20). The number of hydrogen-bond donors (Lipinski definition) is 1. The number of benzene rings is 1. The average Bonchev–Trinajstić information content (AvgIpc) is 2.38. The molecule has 21 heavy (non-hydrogen) atoms. The van der Waals surface area contributed by atoms with Crippen molar-refractivity contribution in [3.8, 4) is 0 Å². The van der Waals surface area contributed by atoms with Crippen LogP contribution in [0, 0.1) is 19.7 Å². The zero-order valence-electron chi connectivity index (χ0n) is 11.4. The van der Waals surface area contributed by atoms with Crippen molar-refractivity contribution in [3.05, 3.63) is 51.7 Å². The maximum Gasteiger partial charge on any atom is 0.340 e. The van der Waals surface area contributed by atoms with Crippen LogP contribution in [0.1, 0.15) is 27.4 Å². The highest BCUT2D eigenvalue weighted by Gasteiger charge is 2.17. The topological polar surface area (TPSA) is 63.1 Å². The summed E-state index contributed by atoms with van der Waals surface area (Å²) in [5, 5.41) is 9.69. The lowest BCUT2D eigenvalue weighted by atomic mass is 10.2. The molecule has 1 aromatic carbocycles. The normalized spacial score (nSPS) is 10.7. The summed E-state index contributed by atoms with van der Waals surface area (Å²) < 4.78 is 13.1. The summed E-state index contributed by atoms with van der Waals surface area (Å²) in [5.74, 6) is -0.592. The lowest BCUT2D eigenvalue weighted by molar-refractivity contribution is 0.0690. The predicted octanol–water partition coefficient (Wildman–Crippen LogP) is 3.88. The number of aromatic carboxylic acids is 1. The Morgan fingerprint density at radius 3 is 2.71 bits per heavy atom. The fraction of sp³-hybridized carbons (Fsp3) is 0.214. The first-order valence-electron chi connectivity index (χ1n) is 6.03. The number of carbonyl (C=O) groups is 1. The molecule has 0 amide bonds. The Hall–Kier alpha value is -1.66. The van der Waals surface area contributed by atoms with Crippen molar-refractivity contribution in [2.24, 2.45) is 0 Å². The molecule has 0 bridgehead atoms. The van der Waals surface area contributed by atoms with Gasteiger partial charge in [-0.25, -0.2) is 19.2 Å². The van der Waals surface area contributed by atoms with E-state index in [0.29, 0.717) is 22.3 Å². The van der Waals surface area contributed by atoms with Gasteiger partial charge in [0.2, 0.25) is 0 Å². The second-order valence-electron chi connectivity index (χ2n) is 4.38. The van der Waals surface area contributed by atoms with E-state index in [0.717, 1.165) is 5.56 Å². The van der Waals surface area contributed by atoms with Crippen LogP contribution in [0.3, 0.4) is 0 Å². The van der Waals surface area contributed by atoms with Gasteiger partial charge in [0.15, 0.2) is 0 Å². The van der Waals surface area contributed by atoms with E-state index in [-0.39, 0.29) is 10.6 Å². The Bertz CT molecular complexity index is 710. The van der Waals surface area contributed by atoms with Crippen LogP contribution in [0.2, 0.25) is 5.02 Å². The van der Waals surface area contributed by atoms with E-state index >= 15 is 0 Å². The zero-order valence-corrected chi connectivity index (χ0v) is 12.9. The van der Waals surface area contributed by atoms with Crippen molar-refractivity contribution in [3.63, 3.8) is 0 Å². The molecule has 0 aliphatic rings. The fourth-order valence-corrected chi connectivity index (χ4v) is 3.08. The van der Waals surface area contributed by atoms with Gasteiger partial charge < -0.3 is 5.11 Å². The number of aromatic nitrogens is 2. The molecule has 0 spiro atoms. The largest absolute Gasteiger partial charge is 0.478 e. The Morgan fingerprint density at radius 1 is 1.38 bits per heavy atom. The molecule has 0 atom stereocenters. The van der Waals surface area contributed by atoms with E-state index in [9.17, 15) is 14.3 Å². The second-order valence-corrected chi connectivity index (χ2v) is 5.75. The summed E-state index contributed by atoms with van der Waals surface area (Å²) in [7, 11) is 0. The molecule has 1 aromatic heterocycles. The number of halogens is 2. The first-order valence-corrected chi connectivity index (χ1v) is 7.40. The average molecular weight is 327 g/mol. The number of carboxylic acid groups (broad SMARTS) is 1. The monoisotopic (exact) mass is 326 g/mol. The summed E-state index contributed by atoms with van der Waals surface area (Å²) in [5.41, 5.74) is 1.31. The smallest absolute Gasteiger partial charge is 0.340 e. The van der Waals surface area contributed by atoms with Gasteiger partial charge in [0.25, 0.3) is 0 Å². The summed E-state index contributed by atoms with van der Waals surface area (Å²) in [6, 6.07) is 4.41.